The van der Waals surface area contributed by atoms with Gasteiger partial charge >= 0.3 is 0 Å². The minimum Gasteiger partial charge on any atom is -0.396 e. The molecule has 10 heavy (non-hydrogen) atoms. The van der Waals surface area contributed by atoms with Crippen molar-refractivity contribution in [2.45, 2.75) is 18.9 Å². The molecule has 1 rings (SSSR count). The fourth-order valence-electron chi connectivity index (χ4n) is 1.29. The Balaban J connectivity index is 2.39. The van der Waals surface area contributed by atoms with Crippen LogP contribution in [-0.2, 0) is 0 Å². The molecule has 0 aliphatic carbocycles. The normalized spacial score (nSPS) is 27.2. The van der Waals surface area contributed by atoms with Crippen LogP contribution in [0.25, 0.3) is 0 Å². The van der Waals surface area contributed by atoms with Crippen LogP contribution in [0.15, 0.2) is 12.2 Å². The number of likely N-dealkylation sites (N-methyl/N-ethyl adjacent to an activating group) is 1. The van der Waals surface area contributed by atoms with Gasteiger partial charge in [-0.1, -0.05) is 12.2 Å². The van der Waals surface area contributed by atoms with Crippen molar-refractivity contribution >= 4 is 0 Å². The maximum atomic E-state index is 8.68. The molecule has 0 saturated carbocycles. The van der Waals surface area contributed by atoms with Crippen LogP contribution in [-0.4, -0.2) is 36.2 Å². The molecular formula is C8H15NO. The predicted octanol–water partition coefficient (Wildman–Crippen LogP) is 0.629. The molecular weight excluding hydrogens is 126 g/mol. The molecule has 0 spiro atoms. The molecule has 0 aromatic carbocycles. The highest BCUT2D eigenvalue weighted by atomic mass is 16.3. The molecule has 0 amide bonds. The molecule has 0 bridgehead atoms. The fourth-order valence-corrected chi connectivity index (χ4v) is 1.29. The maximum absolute atomic E-state index is 8.68. The van der Waals surface area contributed by atoms with Crippen molar-refractivity contribution in [2.75, 3.05) is 20.2 Å². The lowest BCUT2D eigenvalue weighted by Crippen LogP contribution is -2.33. The largest absolute Gasteiger partial charge is 0.396 e. The monoisotopic (exact) mass is 141 g/mol. The minimum atomic E-state index is 0.291. The summed E-state index contributed by atoms with van der Waals surface area (Å²) >= 11 is 0. The zero-order valence-electron chi connectivity index (χ0n) is 6.45. The Morgan fingerprint density at radius 1 is 1.70 bits per heavy atom. The molecule has 1 unspecified atom stereocenters. The SMILES string of the molecule is CN1CCC=CC1CCO. The number of nitrogens with zero attached hydrogens (tertiary/aromatic N) is 1. The van der Waals surface area contributed by atoms with Crippen LogP contribution in [0.2, 0.25) is 0 Å². The fraction of sp³-hybridized carbons (Fsp3) is 0.750. The molecule has 1 N–H and O–H groups in total. The van der Waals surface area contributed by atoms with Crippen LogP contribution < -0.4 is 0 Å². The number of aliphatic hydroxyl groups excluding tert-OH is 1. The van der Waals surface area contributed by atoms with Crippen LogP contribution in [0.3, 0.4) is 0 Å². The number of hydrogen-bond donors (Lipinski definition) is 1. The molecule has 1 aliphatic heterocycles. The minimum absolute atomic E-state index is 0.291. The first kappa shape index (κ1) is 7.76. The van der Waals surface area contributed by atoms with Gasteiger partial charge in [-0.25, -0.2) is 0 Å². The van der Waals surface area contributed by atoms with Crippen molar-refractivity contribution in [3.63, 3.8) is 0 Å². The van der Waals surface area contributed by atoms with Crippen LogP contribution in [0.1, 0.15) is 12.8 Å². The Labute approximate surface area is 62.2 Å². The lowest BCUT2D eigenvalue weighted by molar-refractivity contribution is 0.208. The van der Waals surface area contributed by atoms with Crippen molar-refractivity contribution in [3.8, 4) is 0 Å². The molecule has 58 valence electrons. The zero-order valence-corrected chi connectivity index (χ0v) is 6.45. The topological polar surface area (TPSA) is 23.5 Å². The van der Waals surface area contributed by atoms with E-state index >= 15 is 0 Å². The molecule has 1 aliphatic rings. The number of rotatable bonds is 2. The highest BCUT2D eigenvalue weighted by molar-refractivity contribution is 4.98. The molecule has 0 radical (unpaired) electrons. The average Bonchev–Trinajstić information content (AvgIpc) is 1.94. The molecule has 1 atom stereocenters. The lowest BCUT2D eigenvalue weighted by atomic mass is 10.1. The Hall–Kier alpha value is -0.340. The van der Waals surface area contributed by atoms with E-state index in [2.05, 4.69) is 24.1 Å². The van der Waals surface area contributed by atoms with E-state index in [4.69, 9.17) is 5.11 Å². The Kier molecular flexibility index (Phi) is 2.90. The first-order valence-electron chi connectivity index (χ1n) is 3.82. The Bertz CT molecular complexity index is 122. The zero-order chi connectivity index (χ0) is 7.40. The second-order valence-electron chi connectivity index (χ2n) is 2.78. The van der Waals surface area contributed by atoms with E-state index in [0.717, 1.165) is 19.4 Å². The van der Waals surface area contributed by atoms with Crippen molar-refractivity contribution < 1.29 is 5.11 Å². The molecule has 2 nitrogen and oxygen atoms in total. The Morgan fingerprint density at radius 3 is 3.10 bits per heavy atom. The van der Waals surface area contributed by atoms with E-state index in [9.17, 15) is 0 Å². The quantitative estimate of drug-likeness (QED) is 0.570. The number of aliphatic hydroxyl groups is 1. The highest BCUT2D eigenvalue weighted by Gasteiger charge is 2.12. The van der Waals surface area contributed by atoms with Gasteiger partial charge in [-0.15, -0.1) is 0 Å². The van der Waals surface area contributed by atoms with Gasteiger partial charge in [-0.3, -0.25) is 4.90 Å². The smallest absolute Gasteiger partial charge is 0.0449 e. The summed E-state index contributed by atoms with van der Waals surface area (Å²) in [5.74, 6) is 0. The van der Waals surface area contributed by atoms with Gasteiger partial charge in [0, 0.05) is 19.2 Å². The van der Waals surface area contributed by atoms with E-state index < -0.39 is 0 Å². The van der Waals surface area contributed by atoms with Crippen LogP contribution in [0.5, 0.6) is 0 Å². The lowest BCUT2D eigenvalue weighted by Gasteiger charge is -2.27. The van der Waals surface area contributed by atoms with Gasteiger partial charge in [-0.05, 0) is 19.9 Å². The molecule has 1 heterocycles. The summed E-state index contributed by atoms with van der Waals surface area (Å²) < 4.78 is 0. The van der Waals surface area contributed by atoms with Crippen LogP contribution in [0, 0.1) is 0 Å². The second kappa shape index (κ2) is 3.74. The maximum Gasteiger partial charge on any atom is 0.0449 e. The van der Waals surface area contributed by atoms with Crippen molar-refractivity contribution in [1.82, 2.24) is 4.90 Å². The van der Waals surface area contributed by atoms with E-state index in [1.807, 2.05) is 0 Å². The van der Waals surface area contributed by atoms with Gasteiger partial charge in [-0.2, -0.15) is 0 Å². The summed E-state index contributed by atoms with van der Waals surface area (Å²) in [5.41, 5.74) is 0. The van der Waals surface area contributed by atoms with E-state index in [1.165, 1.54) is 0 Å². The second-order valence-corrected chi connectivity index (χ2v) is 2.78. The summed E-state index contributed by atoms with van der Waals surface area (Å²) in [6.07, 6.45) is 6.39. The van der Waals surface area contributed by atoms with Gasteiger partial charge in [0.15, 0.2) is 0 Å². The summed E-state index contributed by atoms with van der Waals surface area (Å²) in [4.78, 5) is 2.27. The van der Waals surface area contributed by atoms with Gasteiger partial charge in [0.1, 0.15) is 0 Å². The summed E-state index contributed by atoms with van der Waals surface area (Å²) in [5, 5.41) is 8.68. The third-order valence-corrected chi connectivity index (χ3v) is 2.00. The Morgan fingerprint density at radius 2 is 2.50 bits per heavy atom. The first-order valence-corrected chi connectivity index (χ1v) is 3.82. The molecule has 0 aromatic rings. The third-order valence-electron chi connectivity index (χ3n) is 2.00. The van der Waals surface area contributed by atoms with Gasteiger partial charge in [0.05, 0.1) is 0 Å². The van der Waals surface area contributed by atoms with E-state index in [-0.39, 0.29) is 0 Å². The average molecular weight is 141 g/mol. The van der Waals surface area contributed by atoms with Gasteiger partial charge in [0.2, 0.25) is 0 Å². The summed E-state index contributed by atoms with van der Waals surface area (Å²) in [6.45, 7) is 1.42. The predicted molar refractivity (Wildman–Crippen MR) is 41.9 cm³/mol. The third kappa shape index (κ3) is 1.82. The van der Waals surface area contributed by atoms with Crippen molar-refractivity contribution in [2.24, 2.45) is 0 Å². The molecule has 0 aromatic heterocycles. The van der Waals surface area contributed by atoms with Gasteiger partial charge in [0.25, 0.3) is 0 Å². The summed E-state index contributed by atoms with van der Waals surface area (Å²) in [7, 11) is 2.10. The summed E-state index contributed by atoms with van der Waals surface area (Å²) in [6, 6.07) is 0.471. The molecule has 0 saturated heterocycles. The van der Waals surface area contributed by atoms with Crippen molar-refractivity contribution in [1.29, 1.82) is 0 Å². The highest BCUT2D eigenvalue weighted by Crippen LogP contribution is 2.09. The molecule has 2 heteroatoms. The molecule has 0 fully saturated rings. The van der Waals surface area contributed by atoms with Crippen LogP contribution >= 0.6 is 0 Å². The standard InChI is InChI=1S/C8H15NO/c1-9-6-3-2-4-8(9)5-7-10/h2,4,8,10H,3,5-7H2,1H3. The van der Waals surface area contributed by atoms with E-state index in [1.54, 1.807) is 0 Å². The number of hydrogen-bond acceptors (Lipinski definition) is 2. The van der Waals surface area contributed by atoms with E-state index in [0.29, 0.717) is 12.6 Å². The van der Waals surface area contributed by atoms with Crippen LogP contribution in [0.4, 0.5) is 0 Å². The first-order chi connectivity index (χ1) is 4.84. The van der Waals surface area contributed by atoms with Gasteiger partial charge < -0.3 is 5.11 Å². The van der Waals surface area contributed by atoms with Crippen molar-refractivity contribution in [3.05, 3.63) is 12.2 Å².